The quantitative estimate of drug-likeness (QED) is 0.540. The van der Waals surface area contributed by atoms with Gasteiger partial charge in [-0.15, -0.1) is 0 Å². The third kappa shape index (κ3) is 4.39. The van der Waals surface area contributed by atoms with Crippen LogP contribution in [0.2, 0.25) is 0 Å². The average Bonchev–Trinajstić information content (AvgIpc) is 3.40. The van der Waals surface area contributed by atoms with Crippen LogP contribution >= 0.6 is 0 Å². The fourth-order valence-electron chi connectivity index (χ4n) is 3.14. The van der Waals surface area contributed by atoms with E-state index in [9.17, 15) is 22.4 Å². The number of hydrogen-bond donors (Lipinski definition) is 1. The number of hydrogen-bond acceptors (Lipinski definition) is 4. The van der Waals surface area contributed by atoms with Crippen molar-refractivity contribution in [3.63, 3.8) is 0 Å². The summed E-state index contributed by atoms with van der Waals surface area (Å²) in [6, 6.07) is 3.13. The van der Waals surface area contributed by atoms with E-state index in [2.05, 4.69) is 15.5 Å². The summed E-state index contributed by atoms with van der Waals surface area (Å²) < 4.78 is 59.7. The Kier molecular flexibility index (Phi) is 6.28. The molecule has 1 unspecified atom stereocenters. The first-order valence-corrected chi connectivity index (χ1v) is 9.27. The predicted octanol–water partition coefficient (Wildman–Crippen LogP) is 4.42. The van der Waals surface area contributed by atoms with Crippen LogP contribution < -0.4 is 5.32 Å². The van der Waals surface area contributed by atoms with Gasteiger partial charge in [0.15, 0.2) is 5.76 Å². The van der Waals surface area contributed by atoms with Crippen molar-refractivity contribution >= 4 is 5.91 Å². The first kappa shape index (κ1) is 21.6. The number of carbonyl (C=O) groups excluding carboxylic acids is 1. The molecule has 0 spiro atoms. The molecule has 0 radical (unpaired) electrons. The number of carbonyl (C=O) groups is 1. The molecular formula is C19H21F4N5O2. The topological polar surface area (TPSA) is 77.9 Å². The van der Waals surface area contributed by atoms with E-state index in [1.54, 1.807) is 17.8 Å². The molecule has 0 aliphatic heterocycles. The lowest BCUT2D eigenvalue weighted by molar-refractivity contribution is 0.0909. The fourth-order valence-corrected chi connectivity index (χ4v) is 3.14. The van der Waals surface area contributed by atoms with Gasteiger partial charge in [0.25, 0.3) is 18.8 Å². The molecule has 1 N–H and O–H groups in total. The molecule has 30 heavy (non-hydrogen) atoms. The Morgan fingerprint density at radius 1 is 1.20 bits per heavy atom. The first-order valence-electron chi connectivity index (χ1n) is 9.27. The molecule has 162 valence electrons. The lowest BCUT2D eigenvalue weighted by atomic mass is 10.1. The summed E-state index contributed by atoms with van der Waals surface area (Å²) in [6.45, 7) is 6.06. The van der Waals surface area contributed by atoms with Gasteiger partial charge in [-0.3, -0.25) is 14.2 Å². The number of furan rings is 1. The Labute approximate surface area is 169 Å². The molecule has 3 rings (SSSR count). The molecule has 0 saturated heterocycles. The van der Waals surface area contributed by atoms with E-state index in [-0.39, 0.29) is 24.1 Å². The van der Waals surface area contributed by atoms with Crippen LogP contribution in [0.25, 0.3) is 0 Å². The SMILES string of the molecule is CCn1ncc(C(C)NC(=O)c2ccc(Cn3nc(C(F)F)cc3C(F)F)o2)c1C. The van der Waals surface area contributed by atoms with Gasteiger partial charge in [-0.05, 0) is 39.0 Å². The van der Waals surface area contributed by atoms with Crippen LogP contribution in [0.1, 0.15) is 71.7 Å². The van der Waals surface area contributed by atoms with Gasteiger partial charge in [0, 0.05) is 17.8 Å². The summed E-state index contributed by atoms with van der Waals surface area (Å²) in [6.07, 6.45) is -4.26. The van der Waals surface area contributed by atoms with E-state index in [1.165, 1.54) is 12.1 Å². The molecule has 11 heteroatoms. The van der Waals surface area contributed by atoms with Crippen molar-refractivity contribution in [2.24, 2.45) is 0 Å². The normalized spacial score (nSPS) is 12.7. The molecule has 0 fully saturated rings. The monoisotopic (exact) mass is 427 g/mol. The van der Waals surface area contributed by atoms with Crippen LogP contribution in [0, 0.1) is 6.92 Å². The van der Waals surface area contributed by atoms with E-state index in [0.717, 1.165) is 15.9 Å². The van der Waals surface area contributed by atoms with Crippen molar-refractivity contribution in [2.45, 2.75) is 52.8 Å². The molecule has 0 aliphatic rings. The Balaban J connectivity index is 1.71. The Morgan fingerprint density at radius 2 is 1.93 bits per heavy atom. The minimum Gasteiger partial charge on any atom is -0.454 e. The smallest absolute Gasteiger partial charge is 0.287 e. The zero-order valence-electron chi connectivity index (χ0n) is 16.6. The summed E-state index contributed by atoms with van der Waals surface area (Å²) in [7, 11) is 0. The van der Waals surface area contributed by atoms with Crippen LogP contribution in [0.15, 0.2) is 28.8 Å². The molecule has 0 aliphatic carbocycles. The Bertz CT molecular complexity index is 1020. The molecule has 1 amide bonds. The van der Waals surface area contributed by atoms with Crippen LogP contribution in [0.3, 0.4) is 0 Å². The van der Waals surface area contributed by atoms with Gasteiger partial charge in [-0.2, -0.15) is 10.2 Å². The molecule has 3 heterocycles. The minimum absolute atomic E-state index is 0.0303. The summed E-state index contributed by atoms with van der Waals surface area (Å²) in [5, 5.41) is 10.5. The number of amides is 1. The summed E-state index contributed by atoms with van der Waals surface area (Å²) in [5.41, 5.74) is 0.393. The third-order valence-electron chi connectivity index (χ3n) is 4.72. The highest BCUT2D eigenvalue weighted by atomic mass is 19.3. The lowest BCUT2D eigenvalue weighted by Crippen LogP contribution is -2.26. The lowest BCUT2D eigenvalue weighted by Gasteiger charge is -2.13. The van der Waals surface area contributed by atoms with E-state index < -0.39 is 30.1 Å². The molecule has 7 nitrogen and oxygen atoms in total. The number of rotatable bonds is 8. The van der Waals surface area contributed by atoms with Crippen LogP contribution in [0.4, 0.5) is 17.6 Å². The number of halogens is 4. The number of alkyl halides is 4. The second kappa shape index (κ2) is 8.72. The van der Waals surface area contributed by atoms with Gasteiger partial charge in [0.2, 0.25) is 0 Å². The predicted molar refractivity (Wildman–Crippen MR) is 98.5 cm³/mol. The number of aryl methyl sites for hydroxylation is 1. The van der Waals surface area contributed by atoms with Gasteiger partial charge in [-0.25, -0.2) is 17.6 Å². The Hall–Kier alpha value is -3.11. The zero-order chi connectivity index (χ0) is 22.0. The molecule has 0 aromatic carbocycles. The molecule has 0 bridgehead atoms. The van der Waals surface area contributed by atoms with E-state index in [4.69, 9.17) is 4.42 Å². The van der Waals surface area contributed by atoms with E-state index in [1.807, 2.05) is 13.8 Å². The van der Waals surface area contributed by atoms with Gasteiger partial charge in [0.05, 0.1) is 18.8 Å². The first-order chi connectivity index (χ1) is 14.2. The maximum Gasteiger partial charge on any atom is 0.287 e. The molecule has 1 atom stereocenters. The number of nitrogens with one attached hydrogen (secondary N) is 1. The fraction of sp³-hybridized carbons (Fsp3) is 0.421. The van der Waals surface area contributed by atoms with Crippen LogP contribution in [0.5, 0.6) is 0 Å². The highest BCUT2D eigenvalue weighted by molar-refractivity contribution is 5.91. The van der Waals surface area contributed by atoms with Crippen molar-refractivity contribution in [1.29, 1.82) is 0 Å². The number of nitrogens with zero attached hydrogens (tertiary/aromatic N) is 4. The van der Waals surface area contributed by atoms with Crippen molar-refractivity contribution in [1.82, 2.24) is 24.9 Å². The van der Waals surface area contributed by atoms with Crippen molar-refractivity contribution in [3.05, 3.63) is 58.6 Å². The maximum atomic E-state index is 13.1. The van der Waals surface area contributed by atoms with Gasteiger partial charge >= 0.3 is 0 Å². The third-order valence-corrected chi connectivity index (χ3v) is 4.72. The van der Waals surface area contributed by atoms with Crippen LogP contribution in [-0.2, 0) is 13.1 Å². The summed E-state index contributed by atoms with van der Waals surface area (Å²) in [5.74, 6) is -0.397. The van der Waals surface area contributed by atoms with Gasteiger partial charge in [-0.1, -0.05) is 0 Å². The highest BCUT2D eigenvalue weighted by Crippen LogP contribution is 2.26. The average molecular weight is 427 g/mol. The standard InChI is InChI=1S/C19H21F4N5O2/c1-4-27-11(3)13(8-24-27)10(2)25-19(29)16-6-5-12(30-16)9-28-15(18(22)23)7-14(26-28)17(20)21/h5-8,10,17-18H,4,9H2,1-3H3,(H,25,29). The molecular weight excluding hydrogens is 406 g/mol. The van der Waals surface area contributed by atoms with Crippen LogP contribution in [-0.4, -0.2) is 25.5 Å². The largest absolute Gasteiger partial charge is 0.454 e. The van der Waals surface area contributed by atoms with Crippen molar-refractivity contribution < 1.29 is 26.8 Å². The Morgan fingerprint density at radius 3 is 2.53 bits per heavy atom. The summed E-state index contributed by atoms with van der Waals surface area (Å²) in [4.78, 5) is 12.5. The van der Waals surface area contributed by atoms with Gasteiger partial charge in [0.1, 0.15) is 17.1 Å². The highest BCUT2D eigenvalue weighted by Gasteiger charge is 2.23. The zero-order valence-corrected chi connectivity index (χ0v) is 16.6. The minimum atomic E-state index is -2.98. The van der Waals surface area contributed by atoms with E-state index in [0.29, 0.717) is 12.6 Å². The van der Waals surface area contributed by atoms with E-state index >= 15 is 0 Å². The van der Waals surface area contributed by atoms with Gasteiger partial charge < -0.3 is 9.73 Å². The van der Waals surface area contributed by atoms with Crippen molar-refractivity contribution in [2.75, 3.05) is 0 Å². The van der Waals surface area contributed by atoms with Crippen molar-refractivity contribution in [3.8, 4) is 0 Å². The molecule has 3 aromatic heterocycles. The molecule has 3 aromatic rings. The summed E-state index contributed by atoms with van der Waals surface area (Å²) >= 11 is 0. The number of aromatic nitrogens is 4. The maximum absolute atomic E-state index is 13.1. The second-order valence-corrected chi connectivity index (χ2v) is 6.72. The molecule has 0 saturated carbocycles. The second-order valence-electron chi connectivity index (χ2n) is 6.72.